The van der Waals surface area contributed by atoms with Crippen LogP contribution < -0.4 is 10.1 Å². The number of nitrogens with one attached hydrogen (secondary N) is 1. The number of ether oxygens (including phenoxy) is 1. The van der Waals surface area contributed by atoms with Crippen LogP contribution in [0.5, 0.6) is 5.75 Å². The van der Waals surface area contributed by atoms with Crippen molar-refractivity contribution < 1.29 is 18.3 Å². The number of anilines is 1. The van der Waals surface area contributed by atoms with E-state index < -0.39 is 12.5 Å². The van der Waals surface area contributed by atoms with E-state index in [0.29, 0.717) is 10.7 Å². The molecule has 0 bridgehead atoms. The van der Waals surface area contributed by atoms with E-state index in [9.17, 15) is 13.6 Å². The highest BCUT2D eigenvalue weighted by atomic mass is 32.2. The second-order valence-corrected chi connectivity index (χ2v) is 5.51. The fourth-order valence-electron chi connectivity index (χ4n) is 2.27. The number of hydrogen-bond donors (Lipinski definition) is 1. The van der Waals surface area contributed by atoms with Gasteiger partial charge in [0.15, 0.2) is 10.9 Å². The first-order valence-electron chi connectivity index (χ1n) is 6.96. The fraction of sp³-hybridized carbons (Fsp3) is 0.125. The Morgan fingerprint density at radius 1 is 1.25 bits per heavy atom. The zero-order valence-electron chi connectivity index (χ0n) is 12.6. The number of rotatable bonds is 5. The van der Waals surface area contributed by atoms with E-state index in [-0.39, 0.29) is 17.1 Å². The molecule has 124 valence electrons. The maximum atomic E-state index is 12.6. The molecule has 0 aliphatic heterocycles. The first kappa shape index (κ1) is 16.3. The minimum absolute atomic E-state index is 0.102. The summed E-state index contributed by atoms with van der Waals surface area (Å²) >= 11 is 1.40. The van der Waals surface area contributed by atoms with Gasteiger partial charge in [-0.2, -0.15) is 8.78 Å². The van der Waals surface area contributed by atoms with Crippen molar-refractivity contribution in [3.05, 3.63) is 54.4 Å². The standard InChI is InChI=1S/C16H13F2N3O2S/c1-24-16-20-13(11-7-4-5-9-21(11)16)14(22)19-10-6-2-3-8-12(10)23-15(17)18/h2-9,15H,1H3,(H,19,22). The lowest BCUT2D eigenvalue weighted by atomic mass is 10.2. The first-order valence-corrected chi connectivity index (χ1v) is 8.19. The van der Waals surface area contributed by atoms with Gasteiger partial charge in [0.1, 0.15) is 5.75 Å². The number of carbonyl (C=O) groups is 1. The summed E-state index contributed by atoms with van der Waals surface area (Å²) < 4.78 is 31.1. The molecule has 2 aromatic heterocycles. The topological polar surface area (TPSA) is 55.6 Å². The van der Waals surface area contributed by atoms with Crippen LogP contribution in [-0.2, 0) is 0 Å². The molecular formula is C16H13F2N3O2S. The maximum absolute atomic E-state index is 12.6. The van der Waals surface area contributed by atoms with Crippen molar-refractivity contribution in [1.29, 1.82) is 0 Å². The van der Waals surface area contributed by atoms with Crippen LogP contribution in [0.15, 0.2) is 53.8 Å². The van der Waals surface area contributed by atoms with E-state index in [1.165, 1.54) is 23.9 Å². The lowest BCUT2D eigenvalue weighted by molar-refractivity contribution is -0.0493. The lowest BCUT2D eigenvalue weighted by Crippen LogP contribution is -2.14. The summed E-state index contributed by atoms with van der Waals surface area (Å²) in [5, 5.41) is 3.24. The van der Waals surface area contributed by atoms with E-state index in [1.54, 1.807) is 34.9 Å². The number of para-hydroxylation sites is 2. The molecule has 1 N–H and O–H groups in total. The molecule has 1 amide bonds. The average molecular weight is 349 g/mol. The Hall–Kier alpha value is -2.61. The van der Waals surface area contributed by atoms with Crippen LogP contribution >= 0.6 is 11.8 Å². The third-order valence-corrected chi connectivity index (χ3v) is 3.92. The van der Waals surface area contributed by atoms with Gasteiger partial charge in [-0.1, -0.05) is 30.0 Å². The summed E-state index contributed by atoms with van der Waals surface area (Å²) in [6.45, 7) is -2.97. The number of thioether (sulfide) groups is 1. The quantitative estimate of drug-likeness (QED) is 0.710. The number of carbonyl (C=O) groups excluding carboxylic acids is 1. The number of halogens is 2. The second kappa shape index (κ2) is 6.88. The molecule has 0 fully saturated rings. The fourth-order valence-corrected chi connectivity index (χ4v) is 2.81. The van der Waals surface area contributed by atoms with Crippen molar-refractivity contribution in [1.82, 2.24) is 9.38 Å². The first-order chi connectivity index (χ1) is 11.6. The molecule has 0 aliphatic rings. The highest BCUT2D eigenvalue weighted by Crippen LogP contribution is 2.27. The molecule has 2 heterocycles. The summed E-state index contributed by atoms with van der Waals surface area (Å²) in [6, 6.07) is 11.4. The lowest BCUT2D eigenvalue weighted by Gasteiger charge is -2.11. The number of alkyl halides is 2. The summed E-state index contributed by atoms with van der Waals surface area (Å²) in [7, 11) is 0. The van der Waals surface area contributed by atoms with Crippen LogP contribution in [0.4, 0.5) is 14.5 Å². The molecule has 0 radical (unpaired) electrons. The molecular weight excluding hydrogens is 336 g/mol. The maximum Gasteiger partial charge on any atom is 0.387 e. The molecule has 8 heteroatoms. The van der Waals surface area contributed by atoms with Gasteiger partial charge in [0.25, 0.3) is 5.91 Å². The number of pyridine rings is 1. The Morgan fingerprint density at radius 2 is 2.00 bits per heavy atom. The molecule has 3 aromatic rings. The van der Waals surface area contributed by atoms with Gasteiger partial charge in [-0.05, 0) is 30.5 Å². The van der Waals surface area contributed by atoms with Gasteiger partial charge < -0.3 is 10.1 Å². The zero-order valence-corrected chi connectivity index (χ0v) is 13.4. The van der Waals surface area contributed by atoms with Crippen molar-refractivity contribution in [2.24, 2.45) is 0 Å². The van der Waals surface area contributed by atoms with Gasteiger partial charge in [-0.25, -0.2) is 4.98 Å². The van der Waals surface area contributed by atoms with Crippen molar-refractivity contribution >= 4 is 28.9 Å². The normalized spacial score (nSPS) is 11.0. The van der Waals surface area contributed by atoms with E-state index in [2.05, 4.69) is 15.0 Å². The Balaban J connectivity index is 1.94. The van der Waals surface area contributed by atoms with Crippen LogP contribution in [0.1, 0.15) is 10.5 Å². The minimum atomic E-state index is -2.97. The zero-order chi connectivity index (χ0) is 17.1. The van der Waals surface area contributed by atoms with E-state index in [4.69, 9.17) is 0 Å². The average Bonchev–Trinajstić information content (AvgIpc) is 2.95. The Labute approximate surface area is 140 Å². The number of imidazole rings is 1. The Kier molecular flexibility index (Phi) is 4.66. The molecule has 0 saturated carbocycles. The molecule has 3 rings (SSSR count). The summed E-state index contributed by atoms with van der Waals surface area (Å²) in [5.74, 6) is -0.598. The van der Waals surface area contributed by atoms with Crippen LogP contribution in [0, 0.1) is 0 Å². The van der Waals surface area contributed by atoms with E-state index in [1.807, 2.05) is 12.3 Å². The molecule has 0 spiro atoms. The molecule has 0 unspecified atom stereocenters. The molecule has 1 aromatic carbocycles. The van der Waals surface area contributed by atoms with Gasteiger partial charge in [0.05, 0.1) is 11.2 Å². The number of nitrogens with zero attached hydrogens (tertiary/aromatic N) is 2. The summed E-state index contributed by atoms with van der Waals surface area (Å²) in [6.07, 6.45) is 3.66. The SMILES string of the molecule is CSc1nc(C(=O)Nc2ccccc2OC(F)F)c2ccccn12. The van der Waals surface area contributed by atoms with Crippen LogP contribution in [0.2, 0.25) is 0 Å². The van der Waals surface area contributed by atoms with E-state index >= 15 is 0 Å². The highest BCUT2D eigenvalue weighted by molar-refractivity contribution is 7.98. The molecule has 0 atom stereocenters. The number of benzene rings is 1. The van der Waals surface area contributed by atoms with Crippen LogP contribution in [-0.4, -0.2) is 28.2 Å². The van der Waals surface area contributed by atoms with Gasteiger partial charge in [-0.3, -0.25) is 9.20 Å². The second-order valence-electron chi connectivity index (χ2n) is 4.73. The van der Waals surface area contributed by atoms with Gasteiger partial charge in [0, 0.05) is 6.20 Å². The Bertz CT molecular complexity index is 883. The third kappa shape index (κ3) is 3.18. The number of hydrogen-bond acceptors (Lipinski definition) is 4. The molecule has 5 nitrogen and oxygen atoms in total. The minimum Gasteiger partial charge on any atom is -0.433 e. The highest BCUT2D eigenvalue weighted by Gasteiger charge is 2.19. The summed E-state index contributed by atoms with van der Waals surface area (Å²) in [5.41, 5.74) is 1.00. The third-order valence-electron chi connectivity index (χ3n) is 3.26. The van der Waals surface area contributed by atoms with Crippen LogP contribution in [0.25, 0.3) is 5.52 Å². The molecule has 24 heavy (non-hydrogen) atoms. The number of amides is 1. The van der Waals surface area contributed by atoms with Gasteiger partial charge in [-0.15, -0.1) is 0 Å². The van der Waals surface area contributed by atoms with Crippen molar-refractivity contribution in [2.45, 2.75) is 11.8 Å². The van der Waals surface area contributed by atoms with Gasteiger partial charge >= 0.3 is 6.61 Å². The van der Waals surface area contributed by atoms with Crippen LogP contribution in [0.3, 0.4) is 0 Å². The van der Waals surface area contributed by atoms with Crippen molar-refractivity contribution in [2.75, 3.05) is 11.6 Å². The van der Waals surface area contributed by atoms with Crippen molar-refractivity contribution in [3.8, 4) is 5.75 Å². The summed E-state index contributed by atoms with van der Waals surface area (Å²) in [4.78, 5) is 16.9. The predicted molar refractivity (Wildman–Crippen MR) is 88.0 cm³/mol. The monoisotopic (exact) mass is 349 g/mol. The largest absolute Gasteiger partial charge is 0.433 e. The van der Waals surface area contributed by atoms with Crippen molar-refractivity contribution in [3.63, 3.8) is 0 Å². The number of aromatic nitrogens is 2. The van der Waals surface area contributed by atoms with Gasteiger partial charge in [0.2, 0.25) is 0 Å². The molecule has 0 aliphatic carbocycles. The predicted octanol–water partition coefficient (Wildman–Crippen LogP) is 3.91. The smallest absolute Gasteiger partial charge is 0.387 e. The van der Waals surface area contributed by atoms with E-state index in [0.717, 1.165) is 0 Å². The Morgan fingerprint density at radius 3 is 2.75 bits per heavy atom. The molecule has 0 saturated heterocycles. The number of fused-ring (bicyclic) bond motifs is 1.